The van der Waals surface area contributed by atoms with E-state index >= 15 is 0 Å². The summed E-state index contributed by atoms with van der Waals surface area (Å²) in [5, 5.41) is 11.5. The van der Waals surface area contributed by atoms with Gasteiger partial charge in [0.25, 0.3) is 0 Å². The lowest BCUT2D eigenvalue weighted by Gasteiger charge is -2.08. The Morgan fingerprint density at radius 1 is 1.53 bits per heavy atom. The molecule has 0 saturated heterocycles. The minimum Gasteiger partial charge on any atom is -0.481 e. The van der Waals surface area contributed by atoms with Crippen molar-refractivity contribution in [3.63, 3.8) is 0 Å². The summed E-state index contributed by atoms with van der Waals surface area (Å²) in [6.07, 6.45) is 2.03. The first-order valence-electron chi connectivity index (χ1n) is 5.85. The van der Waals surface area contributed by atoms with Crippen LogP contribution in [-0.2, 0) is 4.79 Å². The zero-order valence-corrected chi connectivity index (χ0v) is 10.8. The van der Waals surface area contributed by atoms with Crippen molar-refractivity contribution in [3.05, 3.63) is 23.9 Å². The van der Waals surface area contributed by atoms with Crippen molar-refractivity contribution in [1.29, 1.82) is 5.26 Å². The molecular weight excluding hydrogens is 246 g/mol. The highest BCUT2D eigenvalue weighted by atomic mass is 16.5. The molecule has 1 amide bonds. The lowest BCUT2D eigenvalue weighted by molar-refractivity contribution is -0.122. The Kier molecular flexibility index (Phi) is 5.48. The number of ether oxygens (including phenoxy) is 1. The second-order valence-corrected chi connectivity index (χ2v) is 3.81. The number of nitrogens with zero attached hydrogens (tertiary/aromatic N) is 2. The van der Waals surface area contributed by atoms with Crippen LogP contribution in [0.4, 0.5) is 0 Å². The number of Topliss-reactive ketones (excluding diaryl/α,β-unsaturated/α-hetero) is 1. The number of ketones is 1. The van der Waals surface area contributed by atoms with Crippen LogP contribution in [-0.4, -0.2) is 30.3 Å². The summed E-state index contributed by atoms with van der Waals surface area (Å²) in [5.41, 5.74) is 0.207. The van der Waals surface area contributed by atoms with E-state index in [1.165, 1.54) is 25.4 Å². The molecule has 0 aliphatic rings. The van der Waals surface area contributed by atoms with Gasteiger partial charge in [-0.3, -0.25) is 9.59 Å². The van der Waals surface area contributed by atoms with Crippen molar-refractivity contribution in [2.24, 2.45) is 5.92 Å². The number of nitrogens with one attached hydrogen (secondary N) is 1. The fourth-order valence-electron chi connectivity index (χ4n) is 1.40. The van der Waals surface area contributed by atoms with E-state index in [1.54, 1.807) is 6.07 Å². The van der Waals surface area contributed by atoms with Crippen molar-refractivity contribution in [1.82, 2.24) is 10.3 Å². The first-order valence-corrected chi connectivity index (χ1v) is 5.85. The van der Waals surface area contributed by atoms with Gasteiger partial charge in [-0.05, 0) is 12.5 Å². The molecule has 0 aromatic carbocycles. The summed E-state index contributed by atoms with van der Waals surface area (Å²) in [6.45, 7) is 2.32. The van der Waals surface area contributed by atoms with Crippen LogP contribution in [0.25, 0.3) is 0 Å². The number of nitriles is 1. The third kappa shape index (κ3) is 3.78. The fourth-order valence-corrected chi connectivity index (χ4v) is 1.40. The Morgan fingerprint density at radius 2 is 2.26 bits per heavy atom. The Bertz CT molecular complexity index is 491. The van der Waals surface area contributed by atoms with Crippen LogP contribution in [0, 0.1) is 17.2 Å². The van der Waals surface area contributed by atoms with Gasteiger partial charge in [0, 0.05) is 24.4 Å². The van der Waals surface area contributed by atoms with Gasteiger partial charge in [0.2, 0.25) is 11.8 Å². The zero-order chi connectivity index (χ0) is 14.3. The van der Waals surface area contributed by atoms with Crippen LogP contribution in [0.1, 0.15) is 23.7 Å². The number of pyridine rings is 1. The number of carbonyl (C=O) groups is 2. The third-order valence-corrected chi connectivity index (χ3v) is 2.43. The first-order chi connectivity index (χ1) is 9.13. The molecule has 0 bridgehead atoms. The van der Waals surface area contributed by atoms with Crippen LogP contribution in [0.5, 0.6) is 5.88 Å². The third-order valence-electron chi connectivity index (χ3n) is 2.43. The SMILES string of the molecule is CCCNC(=O)C(C#N)C(=O)c1ccc(OC)nc1. The second-order valence-electron chi connectivity index (χ2n) is 3.81. The average molecular weight is 261 g/mol. The van der Waals surface area contributed by atoms with Crippen LogP contribution in [0.2, 0.25) is 0 Å². The van der Waals surface area contributed by atoms with E-state index in [0.29, 0.717) is 12.4 Å². The molecule has 0 radical (unpaired) electrons. The monoisotopic (exact) mass is 261 g/mol. The number of hydrogen-bond acceptors (Lipinski definition) is 5. The normalized spacial score (nSPS) is 11.2. The maximum Gasteiger partial charge on any atom is 0.245 e. The van der Waals surface area contributed by atoms with E-state index in [4.69, 9.17) is 10.00 Å². The molecule has 0 fully saturated rings. The molecule has 1 atom stereocenters. The van der Waals surface area contributed by atoms with E-state index in [2.05, 4.69) is 10.3 Å². The summed E-state index contributed by atoms with van der Waals surface area (Å²) in [7, 11) is 1.46. The van der Waals surface area contributed by atoms with Gasteiger partial charge >= 0.3 is 0 Å². The smallest absolute Gasteiger partial charge is 0.245 e. The molecule has 6 heteroatoms. The van der Waals surface area contributed by atoms with Crippen LogP contribution < -0.4 is 10.1 Å². The average Bonchev–Trinajstić information content (AvgIpc) is 2.45. The fraction of sp³-hybridized carbons (Fsp3) is 0.385. The van der Waals surface area contributed by atoms with Crippen LogP contribution >= 0.6 is 0 Å². The van der Waals surface area contributed by atoms with Crippen molar-refractivity contribution >= 4 is 11.7 Å². The predicted octanol–water partition coefficient (Wildman–Crippen LogP) is 0.939. The van der Waals surface area contributed by atoms with E-state index < -0.39 is 17.6 Å². The number of rotatable bonds is 6. The lowest BCUT2D eigenvalue weighted by Crippen LogP contribution is -2.35. The molecular formula is C13H15N3O3. The molecule has 1 aromatic rings. The number of aromatic nitrogens is 1. The molecule has 6 nitrogen and oxygen atoms in total. The van der Waals surface area contributed by atoms with E-state index in [0.717, 1.165) is 6.42 Å². The maximum absolute atomic E-state index is 12.0. The van der Waals surface area contributed by atoms with Gasteiger partial charge in [0.05, 0.1) is 13.2 Å². The number of methoxy groups -OCH3 is 1. The van der Waals surface area contributed by atoms with Crippen molar-refractivity contribution in [2.75, 3.05) is 13.7 Å². The molecule has 1 rings (SSSR count). The van der Waals surface area contributed by atoms with E-state index in [9.17, 15) is 9.59 Å². The Labute approximate surface area is 111 Å². The van der Waals surface area contributed by atoms with Crippen molar-refractivity contribution in [2.45, 2.75) is 13.3 Å². The standard InChI is InChI=1S/C13H15N3O3/c1-3-6-15-13(18)10(7-14)12(17)9-4-5-11(19-2)16-8-9/h4-5,8,10H,3,6H2,1-2H3,(H,15,18). The molecule has 1 unspecified atom stereocenters. The molecule has 0 saturated carbocycles. The largest absolute Gasteiger partial charge is 0.481 e. The highest BCUT2D eigenvalue weighted by Gasteiger charge is 2.27. The van der Waals surface area contributed by atoms with Gasteiger partial charge in [-0.2, -0.15) is 5.26 Å². The van der Waals surface area contributed by atoms with Crippen LogP contribution in [0.3, 0.4) is 0 Å². The summed E-state index contributed by atoms with van der Waals surface area (Å²) >= 11 is 0. The first kappa shape index (κ1) is 14.6. The highest BCUT2D eigenvalue weighted by Crippen LogP contribution is 2.11. The van der Waals surface area contributed by atoms with Gasteiger partial charge in [0.1, 0.15) is 0 Å². The van der Waals surface area contributed by atoms with Crippen LogP contribution in [0.15, 0.2) is 18.3 Å². The summed E-state index contributed by atoms with van der Waals surface area (Å²) in [4.78, 5) is 27.6. The van der Waals surface area contributed by atoms with E-state index in [-0.39, 0.29) is 5.56 Å². The maximum atomic E-state index is 12.0. The van der Waals surface area contributed by atoms with Gasteiger partial charge in [-0.15, -0.1) is 0 Å². The second kappa shape index (κ2) is 7.11. The molecule has 0 aliphatic heterocycles. The highest BCUT2D eigenvalue weighted by molar-refractivity contribution is 6.11. The van der Waals surface area contributed by atoms with Gasteiger partial charge in [-0.1, -0.05) is 6.92 Å². The Morgan fingerprint density at radius 3 is 2.74 bits per heavy atom. The molecule has 1 aromatic heterocycles. The van der Waals surface area contributed by atoms with Crippen molar-refractivity contribution < 1.29 is 14.3 Å². The van der Waals surface area contributed by atoms with E-state index in [1.807, 2.05) is 6.92 Å². The number of hydrogen-bond donors (Lipinski definition) is 1. The number of carbonyl (C=O) groups excluding carboxylic acids is 2. The number of amides is 1. The van der Waals surface area contributed by atoms with Gasteiger partial charge in [-0.25, -0.2) is 4.98 Å². The van der Waals surface area contributed by atoms with Gasteiger partial charge in [0.15, 0.2) is 11.7 Å². The molecule has 19 heavy (non-hydrogen) atoms. The summed E-state index contributed by atoms with van der Waals surface area (Å²) < 4.78 is 4.87. The molecule has 1 heterocycles. The quantitative estimate of drug-likeness (QED) is 0.607. The topological polar surface area (TPSA) is 92.1 Å². The van der Waals surface area contributed by atoms with Crippen molar-refractivity contribution in [3.8, 4) is 11.9 Å². The Balaban J connectivity index is 2.83. The Hall–Kier alpha value is -2.42. The minimum atomic E-state index is -1.35. The molecule has 0 spiro atoms. The molecule has 100 valence electrons. The molecule has 0 aliphatic carbocycles. The zero-order valence-electron chi connectivity index (χ0n) is 10.8. The lowest BCUT2D eigenvalue weighted by atomic mass is 9.99. The van der Waals surface area contributed by atoms with Gasteiger partial charge < -0.3 is 10.1 Å². The molecule has 1 N–H and O–H groups in total. The summed E-state index contributed by atoms with van der Waals surface area (Å²) in [6, 6.07) is 4.70. The minimum absolute atomic E-state index is 0.207. The summed E-state index contributed by atoms with van der Waals surface area (Å²) in [5.74, 6) is -2.13. The predicted molar refractivity (Wildman–Crippen MR) is 67.5 cm³/mol.